The molecule has 0 spiro atoms. The van der Waals surface area contributed by atoms with E-state index in [0.29, 0.717) is 0 Å². The van der Waals surface area contributed by atoms with Gasteiger partial charge in [-0.3, -0.25) is 0 Å². The van der Waals surface area contributed by atoms with E-state index in [2.05, 4.69) is 0 Å². The molecule has 0 aromatic carbocycles. The fraction of sp³-hybridized carbons (Fsp3) is 1.00. The highest BCUT2D eigenvalue weighted by Gasteiger charge is 1.99. The maximum atomic E-state index is 1.98. The minimum atomic E-state index is 1.20. The van der Waals surface area contributed by atoms with E-state index >= 15 is 0 Å². The molecule has 1 heterocycles. The van der Waals surface area contributed by atoms with Gasteiger partial charge in [0.1, 0.15) is 8.67 Å². The predicted octanol–water partition coefficient (Wildman–Crippen LogP) is 0.958. The van der Waals surface area contributed by atoms with E-state index in [-0.39, 0.29) is 0 Å². The van der Waals surface area contributed by atoms with E-state index in [4.69, 9.17) is 0 Å². The molecule has 0 N–H and O–H groups in total. The van der Waals surface area contributed by atoms with Crippen LogP contribution in [-0.2, 0) is 0 Å². The Morgan fingerprint density at radius 1 is 1.75 bits per heavy atom. The summed E-state index contributed by atoms with van der Waals surface area (Å²) in [4.78, 5) is 0. The van der Waals surface area contributed by atoms with Crippen LogP contribution in [0.5, 0.6) is 0 Å². The first kappa shape index (κ1) is 3.12. The van der Waals surface area contributed by atoms with E-state index in [1.807, 2.05) is 21.0 Å². The summed E-state index contributed by atoms with van der Waals surface area (Å²) in [5, 5.41) is 1.41. The molecule has 3 heteroatoms. The molecule has 0 amide bonds. The molecule has 0 unspecified atom stereocenters. The molecule has 1 aliphatic rings. The first-order valence-electron chi connectivity index (χ1n) is 1.01. The Balaban J connectivity index is 2.00. The van der Waals surface area contributed by atoms with Crippen LogP contribution in [-0.4, -0.2) is 14.0 Å². The highest BCUT2D eigenvalue weighted by molar-refractivity contribution is 8.90. The topological polar surface area (TPSA) is 0 Å². The summed E-state index contributed by atoms with van der Waals surface area (Å²) < 4.78 is 0. The molecule has 22 valence electrons. The third-order valence-corrected chi connectivity index (χ3v) is 6.36. The highest BCUT2D eigenvalue weighted by atomic mass is 33.2. The van der Waals surface area contributed by atoms with Gasteiger partial charge in [0.2, 0.25) is 0 Å². The zero-order valence-corrected chi connectivity index (χ0v) is 4.66. The Hall–Kier alpha value is 0.917. The van der Waals surface area contributed by atoms with Gasteiger partial charge in [0.25, 0.3) is 0 Å². The minimum absolute atomic E-state index is 1.20. The van der Waals surface area contributed by atoms with Crippen LogP contribution in [0.1, 0.15) is 0 Å². The van der Waals surface area contributed by atoms with Crippen molar-refractivity contribution in [1.82, 2.24) is 0 Å². The zero-order chi connectivity index (χ0) is 2.83. The van der Waals surface area contributed by atoms with Crippen molar-refractivity contribution >= 4 is 29.7 Å². The maximum Gasteiger partial charge on any atom is 0.150 e. The summed E-state index contributed by atoms with van der Waals surface area (Å²) in [6, 6.07) is 0. The van der Waals surface area contributed by atoms with Crippen LogP contribution >= 0.6 is 21.0 Å². The van der Waals surface area contributed by atoms with Crippen LogP contribution in [0, 0.1) is 0 Å². The van der Waals surface area contributed by atoms with E-state index in [1.54, 1.807) is 0 Å². The van der Waals surface area contributed by atoms with Crippen LogP contribution in [0.2, 0.25) is 0 Å². The number of hydrogen-bond donors (Lipinski definition) is 0. The molecule has 0 bridgehead atoms. The van der Waals surface area contributed by atoms with Gasteiger partial charge in [-0.1, -0.05) is 0 Å². The van der Waals surface area contributed by atoms with E-state index < -0.39 is 0 Å². The van der Waals surface area contributed by atoms with Gasteiger partial charge in [-0.25, -0.2) is 0 Å². The van der Waals surface area contributed by atoms with Crippen molar-refractivity contribution in [2.45, 2.75) is 0 Å². The lowest BCUT2D eigenvalue weighted by Gasteiger charge is -2.02. The molecule has 0 atom stereocenters. The van der Waals surface area contributed by atoms with Crippen molar-refractivity contribution < 1.29 is 0 Å². The largest absolute Gasteiger partial charge is 0.150 e. The standard InChI is InChI=1S/CH2S2Si/c1-2-3-4-1/h1H2. The lowest BCUT2D eigenvalue weighted by atomic mass is 11.9. The Morgan fingerprint density at radius 2 is 2.00 bits per heavy atom. The second-order valence-corrected chi connectivity index (χ2v) is 5.91. The molecule has 2 radical (unpaired) electrons. The van der Waals surface area contributed by atoms with E-state index in [9.17, 15) is 0 Å². The summed E-state index contributed by atoms with van der Waals surface area (Å²) >= 11 is 0. The monoisotopic (exact) mass is 106 g/mol. The summed E-state index contributed by atoms with van der Waals surface area (Å²) in [5.74, 6) is 0. The Labute approximate surface area is 35.6 Å². The second kappa shape index (κ2) is 1.38. The Bertz CT molecular complexity index is 14.0. The van der Waals surface area contributed by atoms with Crippen LogP contribution < -0.4 is 0 Å². The Morgan fingerprint density at radius 3 is 2.00 bits per heavy atom. The first-order chi connectivity index (χ1) is 2.00. The van der Waals surface area contributed by atoms with Gasteiger partial charge in [-0.15, -0.1) is 21.0 Å². The van der Waals surface area contributed by atoms with E-state index in [0.717, 1.165) is 0 Å². The van der Waals surface area contributed by atoms with Crippen LogP contribution in [0.3, 0.4) is 0 Å². The van der Waals surface area contributed by atoms with Gasteiger partial charge >= 0.3 is 0 Å². The SMILES string of the molecule is C1[Si]SS1. The molecule has 1 rings (SSSR count). The average molecular weight is 106 g/mol. The fourth-order valence-electron chi connectivity index (χ4n) is 0.0589. The lowest BCUT2D eigenvalue weighted by Crippen LogP contribution is -1.93. The quantitative estimate of drug-likeness (QED) is 0.333. The molecule has 0 nitrogen and oxygen atoms in total. The van der Waals surface area contributed by atoms with Gasteiger partial charge in [0.05, 0.1) is 0 Å². The van der Waals surface area contributed by atoms with Crippen molar-refractivity contribution in [2.24, 2.45) is 0 Å². The molecule has 1 fully saturated rings. The van der Waals surface area contributed by atoms with Crippen molar-refractivity contribution in [3.63, 3.8) is 0 Å². The molecule has 0 aromatic heterocycles. The molecular formula is CH2S2Si. The van der Waals surface area contributed by atoms with Crippen molar-refractivity contribution in [2.75, 3.05) is 5.38 Å². The molecule has 0 saturated carbocycles. The summed E-state index contributed by atoms with van der Waals surface area (Å²) in [6.45, 7) is 0. The Kier molecular flexibility index (Phi) is 1.08. The van der Waals surface area contributed by atoms with Gasteiger partial charge in [-0.2, -0.15) is 0 Å². The van der Waals surface area contributed by atoms with Crippen molar-refractivity contribution in [3.8, 4) is 0 Å². The van der Waals surface area contributed by atoms with Crippen molar-refractivity contribution in [1.29, 1.82) is 0 Å². The summed E-state index contributed by atoms with van der Waals surface area (Å²) in [5.41, 5.74) is 0. The molecule has 0 aromatic rings. The minimum Gasteiger partial charge on any atom is -0.125 e. The predicted molar refractivity (Wildman–Crippen MR) is 25.8 cm³/mol. The number of rotatable bonds is 0. The molecule has 0 aliphatic carbocycles. The smallest absolute Gasteiger partial charge is 0.125 e. The van der Waals surface area contributed by atoms with E-state index in [1.165, 1.54) is 14.0 Å². The maximum absolute atomic E-state index is 1.98. The normalized spacial score (nSPS) is 24.0. The first-order valence-corrected chi connectivity index (χ1v) is 5.26. The lowest BCUT2D eigenvalue weighted by molar-refractivity contribution is 2.24. The van der Waals surface area contributed by atoms with Gasteiger partial charge in [0, 0.05) is 5.38 Å². The average Bonchev–Trinajstić information content (AvgIpc) is 0.722. The summed E-state index contributed by atoms with van der Waals surface area (Å²) in [6.07, 6.45) is 0. The van der Waals surface area contributed by atoms with Crippen LogP contribution in [0.4, 0.5) is 0 Å². The molecule has 1 aliphatic heterocycles. The van der Waals surface area contributed by atoms with Crippen molar-refractivity contribution in [3.05, 3.63) is 0 Å². The van der Waals surface area contributed by atoms with Crippen LogP contribution in [0.15, 0.2) is 0 Å². The molecule has 1 saturated heterocycles. The molecular weight excluding hydrogens is 104 g/mol. The van der Waals surface area contributed by atoms with Gasteiger partial charge in [0.15, 0.2) is 0 Å². The van der Waals surface area contributed by atoms with Gasteiger partial charge < -0.3 is 0 Å². The zero-order valence-electron chi connectivity index (χ0n) is 2.02. The van der Waals surface area contributed by atoms with Gasteiger partial charge in [-0.05, 0) is 0 Å². The highest BCUT2D eigenvalue weighted by Crippen LogP contribution is 2.28. The third kappa shape index (κ3) is 0.443. The molecule has 4 heavy (non-hydrogen) atoms. The summed E-state index contributed by atoms with van der Waals surface area (Å²) in [7, 11) is 5.15. The second-order valence-electron chi connectivity index (χ2n) is 0.490. The number of hydrogen-bond acceptors (Lipinski definition) is 2. The fourth-order valence-corrected chi connectivity index (χ4v) is 1.59. The van der Waals surface area contributed by atoms with Crippen LogP contribution in [0.25, 0.3) is 0 Å². The third-order valence-electron chi connectivity index (χ3n) is 0.236.